The van der Waals surface area contributed by atoms with E-state index in [1.54, 1.807) is 32.2 Å². The van der Waals surface area contributed by atoms with Gasteiger partial charge in [0.05, 0.1) is 38.5 Å². The van der Waals surface area contributed by atoms with Gasteiger partial charge in [0.25, 0.3) is 0 Å². The van der Waals surface area contributed by atoms with Gasteiger partial charge in [-0.15, -0.1) is 0 Å². The molecule has 0 fully saturated rings. The molecule has 0 aliphatic rings. The van der Waals surface area contributed by atoms with Crippen molar-refractivity contribution in [1.29, 1.82) is 0 Å². The van der Waals surface area contributed by atoms with E-state index in [1.807, 2.05) is 0 Å². The quantitative estimate of drug-likeness (QED) is 0.713. The molecule has 128 valence electrons. The highest BCUT2D eigenvalue weighted by atomic mass is 16.5. The van der Waals surface area contributed by atoms with Crippen molar-refractivity contribution >= 4 is 5.97 Å². The summed E-state index contributed by atoms with van der Waals surface area (Å²) in [5, 5.41) is 0. The first-order valence-corrected chi connectivity index (χ1v) is 7.35. The van der Waals surface area contributed by atoms with Gasteiger partial charge in [-0.1, -0.05) is 0 Å². The number of carbonyl (C=O) groups excluding carboxylic acids is 1. The molecule has 2 aromatic heterocycles. The highest BCUT2D eigenvalue weighted by molar-refractivity contribution is 5.78. The van der Waals surface area contributed by atoms with E-state index >= 15 is 0 Å². The molecule has 0 bridgehead atoms. The van der Waals surface area contributed by atoms with Crippen molar-refractivity contribution in [2.24, 2.45) is 0 Å². The lowest BCUT2D eigenvalue weighted by Crippen LogP contribution is -2.15. The lowest BCUT2D eigenvalue weighted by molar-refractivity contribution is -0.144. The SMILES string of the molecule is CCOC(=O)C(C)c1ncccc1Oc1nc(OC)cc(OC)n1. The van der Waals surface area contributed by atoms with Gasteiger partial charge in [0.15, 0.2) is 5.75 Å². The molecule has 24 heavy (non-hydrogen) atoms. The van der Waals surface area contributed by atoms with E-state index in [1.165, 1.54) is 20.3 Å². The largest absolute Gasteiger partial charge is 0.481 e. The lowest BCUT2D eigenvalue weighted by atomic mass is 10.1. The van der Waals surface area contributed by atoms with Gasteiger partial charge in [0.1, 0.15) is 0 Å². The van der Waals surface area contributed by atoms with Crippen molar-refractivity contribution in [3.63, 3.8) is 0 Å². The smallest absolute Gasteiger partial charge is 0.328 e. The highest BCUT2D eigenvalue weighted by Gasteiger charge is 2.23. The second-order valence-corrected chi connectivity index (χ2v) is 4.70. The number of methoxy groups -OCH3 is 2. The average Bonchev–Trinajstić information content (AvgIpc) is 2.61. The molecule has 0 amide bonds. The Bertz CT molecular complexity index is 686. The van der Waals surface area contributed by atoms with Crippen LogP contribution in [0.15, 0.2) is 24.4 Å². The molecule has 2 rings (SSSR count). The molecule has 0 saturated heterocycles. The summed E-state index contributed by atoms with van der Waals surface area (Å²) in [6.45, 7) is 3.74. The van der Waals surface area contributed by atoms with Gasteiger partial charge in [-0.3, -0.25) is 9.78 Å². The Morgan fingerprint density at radius 3 is 2.46 bits per heavy atom. The van der Waals surface area contributed by atoms with E-state index in [-0.39, 0.29) is 12.0 Å². The van der Waals surface area contributed by atoms with Crippen molar-refractivity contribution < 1.29 is 23.7 Å². The van der Waals surface area contributed by atoms with Gasteiger partial charge in [-0.05, 0) is 26.0 Å². The molecule has 2 heterocycles. The Kier molecular flexibility index (Phi) is 5.89. The van der Waals surface area contributed by atoms with E-state index < -0.39 is 5.92 Å². The normalized spacial score (nSPS) is 11.5. The van der Waals surface area contributed by atoms with Gasteiger partial charge >= 0.3 is 12.0 Å². The summed E-state index contributed by atoms with van der Waals surface area (Å²) in [6, 6.07) is 4.91. The van der Waals surface area contributed by atoms with E-state index in [2.05, 4.69) is 15.0 Å². The van der Waals surface area contributed by atoms with Gasteiger partial charge in [-0.25, -0.2) is 0 Å². The Labute approximate surface area is 139 Å². The number of nitrogens with zero attached hydrogens (tertiary/aromatic N) is 3. The highest BCUT2D eigenvalue weighted by Crippen LogP contribution is 2.29. The summed E-state index contributed by atoms with van der Waals surface area (Å²) in [5.41, 5.74) is 0.432. The molecule has 1 atom stereocenters. The number of carbonyl (C=O) groups is 1. The van der Waals surface area contributed by atoms with E-state index in [0.29, 0.717) is 29.8 Å². The molecule has 0 aromatic carbocycles. The molecule has 0 aliphatic heterocycles. The second kappa shape index (κ2) is 8.09. The van der Waals surface area contributed by atoms with Crippen LogP contribution in [0, 0.1) is 0 Å². The Morgan fingerprint density at radius 2 is 1.88 bits per heavy atom. The number of aromatic nitrogens is 3. The van der Waals surface area contributed by atoms with Gasteiger partial charge in [-0.2, -0.15) is 9.97 Å². The van der Waals surface area contributed by atoms with Crippen molar-refractivity contribution in [2.75, 3.05) is 20.8 Å². The minimum absolute atomic E-state index is 0.0245. The maximum Gasteiger partial charge on any atom is 0.328 e. The first kappa shape index (κ1) is 17.5. The molecular weight excluding hydrogens is 314 g/mol. The van der Waals surface area contributed by atoms with Crippen molar-refractivity contribution in [3.05, 3.63) is 30.1 Å². The average molecular weight is 333 g/mol. The summed E-state index contributed by atoms with van der Waals surface area (Å²) < 4.78 is 20.9. The Morgan fingerprint density at radius 1 is 1.21 bits per heavy atom. The van der Waals surface area contributed by atoms with Crippen LogP contribution in [0.2, 0.25) is 0 Å². The van der Waals surface area contributed by atoms with Crippen LogP contribution in [0.4, 0.5) is 0 Å². The number of hydrogen-bond acceptors (Lipinski definition) is 8. The predicted octanol–water partition coefficient (Wildman–Crippen LogP) is 2.35. The fourth-order valence-corrected chi connectivity index (χ4v) is 1.93. The predicted molar refractivity (Wildman–Crippen MR) is 84.5 cm³/mol. The molecule has 8 heteroatoms. The zero-order valence-corrected chi connectivity index (χ0v) is 14.0. The number of esters is 1. The van der Waals surface area contributed by atoms with Crippen LogP contribution in [-0.4, -0.2) is 41.7 Å². The third kappa shape index (κ3) is 4.09. The summed E-state index contributed by atoms with van der Waals surface area (Å²) >= 11 is 0. The van der Waals surface area contributed by atoms with Crippen molar-refractivity contribution in [1.82, 2.24) is 15.0 Å². The molecule has 0 saturated carbocycles. The molecule has 0 N–H and O–H groups in total. The molecule has 1 unspecified atom stereocenters. The lowest BCUT2D eigenvalue weighted by Gasteiger charge is -2.14. The van der Waals surface area contributed by atoms with Crippen LogP contribution in [0.25, 0.3) is 0 Å². The summed E-state index contributed by atoms with van der Waals surface area (Å²) in [6.07, 6.45) is 1.57. The molecule has 0 spiro atoms. The minimum Gasteiger partial charge on any atom is -0.481 e. The standard InChI is InChI=1S/C16H19N3O5/c1-5-23-15(20)10(2)14-11(7-6-8-17-14)24-16-18-12(21-3)9-13(19-16)22-4/h6-10H,5H2,1-4H3. The van der Waals surface area contributed by atoms with Gasteiger partial charge in [0, 0.05) is 6.20 Å². The summed E-state index contributed by atoms with van der Waals surface area (Å²) in [5.74, 6) is -0.0336. The minimum atomic E-state index is -0.589. The maximum absolute atomic E-state index is 12.0. The van der Waals surface area contributed by atoms with Gasteiger partial charge < -0.3 is 18.9 Å². The monoisotopic (exact) mass is 333 g/mol. The van der Waals surface area contributed by atoms with Crippen LogP contribution < -0.4 is 14.2 Å². The number of ether oxygens (including phenoxy) is 4. The number of hydrogen-bond donors (Lipinski definition) is 0. The summed E-state index contributed by atoms with van der Waals surface area (Å²) in [7, 11) is 2.95. The van der Waals surface area contributed by atoms with Crippen LogP contribution >= 0.6 is 0 Å². The topological polar surface area (TPSA) is 92.7 Å². The first-order valence-electron chi connectivity index (χ1n) is 7.35. The number of rotatable bonds is 7. The third-order valence-corrected chi connectivity index (χ3v) is 3.13. The zero-order valence-electron chi connectivity index (χ0n) is 14.0. The van der Waals surface area contributed by atoms with Crippen molar-refractivity contribution in [2.45, 2.75) is 19.8 Å². The first-order chi connectivity index (χ1) is 11.6. The third-order valence-electron chi connectivity index (χ3n) is 3.13. The summed E-state index contributed by atoms with van der Waals surface area (Å²) in [4.78, 5) is 24.4. The maximum atomic E-state index is 12.0. The molecule has 2 aromatic rings. The second-order valence-electron chi connectivity index (χ2n) is 4.70. The molecule has 0 aliphatic carbocycles. The van der Waals surface area contributed by atoms with E-state index in [4.69, 9.17) is 18.9 Å². The zero-order chi connectivity index (χ0) is 17.5. The van der Waals surface area contributed by atoms with E-state index in [0.717, 1.165) is 0 Å². The van der Waals surface area contributed by atoms with Crippen molar-refractivity contribution in [3.8, 4) is 23.5 Å². The van der Waals surface area contributed by atoms with E-state index in [9.17, 15) is 4.79 Å². The molecular formula is C16H19N3O5. The fraction of sp³-hybridized carbons (Fsp3) is 0.375. The number of pyridine rings is 1. The fourth-order valence-electron chi connectivity index (χ4n) is 1.93. The molecule has 0 radical (unpaired) electrons. The Hall–Kier alpha value is -2.90. The van der Waals surface area contributed by atoms with Crippen LogP contribution in [-0.2, 0) is 9.53 Å². The van der Waals surface area contributed by atoms with Crippen LogP contribution in [0.5, 0.6) is 23.5 Å². The van der Waals surface area contributed by atoms with Crippen LogP contribution in [0.3, 0.4) is 0 Å². The van der Waals surface area contributed by atoms with Crippen LogP contribution in [0.1, 0.15) is 25.5 Å². The molecule has 8 nitrogen and oxygen atoms in total. The van der Waals surface area contributed by atoms with Gasteiger partial charge in [0.2, 0.25) is 11.8 Å². The Balaban J connectivity index is 2.32.